The van der Waals surface area contributed by atoms with Crippen molar-refractivity contribution in [2.45, 2.75) is 18.5 Å². The molecule has 4 rings (SSSR count). The third-order valence-corrected chi connectivity index (χ3v) is 6.01. The van der Waals surface area contributed by atoms with Crippen LogP contribution < -0.4 is 14.9 Å². The van der Waals surface area contributed by atoms with Crippen LogP contribution in [0.2, 0.25) is 0 Å². The van der Waals surface area contributed by atoms with Crippen molar-refractivity contribution < 1.29 is 14.3 Å². The monoisotopic (exact) mass is 501 g/mol. The first-order valence-electron chi connectivity index (χ1n) is 11.5. The van der Waals surface area contributed by atoms with E-state index in [2.05, 4.69) is 27.6 Å². The summed E-state index contributed by atoms with van der Waals surface area (Å²) in [5, 5.41) is 13.4. The molecule has 0 bridgehead atoms. The van der Waals surface area contributed by atoms with Crippen LogP contribution in [0, 0.1) is 0 Å². The first kappa shape index (κ1) is 25.0. The summed E-state index contributed by atoms with van der Waals surface area (Å²) in [4.78, 5) is 12.4. The SMILES string of the molecule is CCCOc1ccc(/C=N/NC(=O)CSc2nnc(-c3ccccc3)n2-c2ccc(OC)cc2)cc1. The molecule has 0 radical (unpaired) electrons. The van der Waals surface area contributed by atoms with Crippen LogP contribution in [0.1, 0.15) is 18.9 Å². The van der Waals surface area contributed by atoms with Gasteiger partial charge in [0, 0.05) is 11.3 Å². The summed E-state index contributed by atoms with van der Waals surface area (Å²) in [5.41, 5.74) is 5.22. The molecule has 4 aromatic rings. The number of aromatic nitrogens is 3. The largest absolute Gasteiger partial charge is 0.497 e. The molecule has 0 saturated carbocycles. The van der Waals surface area contributed by atoms with Crippen LogP contribution in [-0.4, -0.2) is 46.4 Å². The number of benzene rings is 3. The van der Waals surface area contributed by atoms with E-state index in [1.807, 2.05) is 83.4 Å². The fourth-order valence-electron chi connectivity index (χ4n) is 3.31. The van der Waals surface area contributed by atoms with Crippen molar-refractivity contribution in [2.24, 2.45) is 5.10 Å². The molecular formula is C27H27N5O3S. The Morgan fingerprint density at radius 2 is 1.72 bits per heavy atom. The number of methoxy groups -OCH3 is 1. The molecule has 1 amide bonds. The van der Waals surface area contributed by atoms with E-state index in [1.165, 1.54) is 11.8 Å². The van der Waals surface area contributed by atoms with Gasteiger partial charge >= 0.3 is 0 Å². The molecule has 1 aromatic heterocycles. The zero-order valence-corrected chi connectivity index (χ0v) is 20.9. The van der Waals surface area contributed by atoms with Gasteiger partial charge in [-0.3, -0.25) is 9.36 Å². The maximum Gasteiger partial charge on any atom is 0.250 e. The molecule has 0 aliphatic carbocycles. The first-order valence-corrected chi connectivity index (χ1v) is 12.5. The Hall–Kier alpha value is -4.11. The number of nitrogens with zero attached hydrogens (tertiary/aromatic N) is 4. The van der Waals surface area contributed by atoms with E-state index in [1.54, 1.807) is 13.3 Å². The van der Waals surface area contributed by atoms with Crippen molar-refractivity contribution in [3.8, 4) is 28.6 Å². The molecule has 0 unspecified atom stereocenters. The molecule has 0 spiro atoms. The molecule has 0 saturated heterocycles. The van der Waals surface area contributed by atoms with E-state index in [9.17, 15) is 4.79 Å². The van der Waals surface area contributed by atoms with E-state index < -0.39 is 0 Å². The molecule has 0 atom stereocenters. The minimum Gasteiger partial charge on any atom is -0.497 e. The van der Waals surface area contributed by atoms with Crippen LogP contribution in [0.5, 0.6) is 11.5 Å². The molecule has 9 heteroatoms. The van der Waals surface area contributed by atoms with Gasteiger partial charge < -0.3 is 9.47 Å². The van der Waals surface area contributed by atoms with Gasteiger partial charge in [-0.1, -0.05) is 49.0 Å². The molecule has 0 fully saturated rings. The summed E-state index contributed by atoms with van der Waals surface area (Å²) < 4.78 is 12.8. The smallest absolute Gasteiger partial charge is 0.250 e. The molecule has 1 heterocycles. The second-order valence-corrected chi connectivity index (χ2v) is 8.65. The highest BCUT2D eigenvalue weighted by atomic mass is 32.2. The molecule has 0 aliphatic heterocycles. The number of hydrogen-bond donors (Lipinski definition) is 1. The van der Waals surface area contributed by atoms with E-state index >= 15 is 0 Å². The van der Waals surface area contributed by atoms with Crippen molar-refractivity contribution >= 4 is 23.9 Å². The average Bonchev–Trinajstić information content (AvgIpc) is 3.36. The lowest BCUT2D eigenvalue weighted by Crippen LogP contribution is -2.20. The lowest BCUT2D eigenvalue weighted by molar-refractivity contribution is -0.118. The van der Waals surface area contributed by atoms with Crippen LogP contribution in [0.4, 0.5) is 0 Å². The molecule has 184 valence electrons. The quantitative estimate of drug-likeness (QED) is 0.177. The molecule has 1 N–H and O–H groups in total. The summed E-state index contributed by atoms with van der Waals surface area (Å²) >= 11 is 1.29. The van der Waals surface area contributed by atoms with Crippen LogP contribution in [0.25, 0.3) is 17.1 Å². The lowest BCUT2D eigenvalue weighted by atomic mass is 10.2. The maximum absolute atomic E-state index is 12.4. The number of amides is 1. The Morgan fingerprint density at radius 3 is 2.42 bits per heavy atom. The number of hydrogen-bond acceptors (Lipinski definition) is 7. The zero-order chi connectivity index (χ0) is 25.2. The van der Waals surface area contributed by atoms with Crippen molar-refractivity contribution in [3.05, 3.63) is 84.4 Å². The van der Waals surface area contributed by atoms with Gasteiger partial charge in [-0.05, 0) is 60.5 Å². The highest BCUT2D eigenvalue weighted by Gasteiger charge is 2.17. The fourth-order valence-corrected chi connectivity index (χ4v) is 4.06. The van der Waals surface area contributed by atoms with Crippen molar-refractivity contribution in [2.75, 3.05) is 19.5 Å². The van der Waals surface area contributed by atoms with E-state index in [0.29, 0.717) is 17.6 Å². The molecule has 8 nitrogen and oxygen atoms in total. The lowest BCUT2D eigenvalue weighted by Gasteiger charge is -2.11. The number of ether oxygens (including phenoxy) is 2. The van der Waals surface area contributed by atoms with Gasteiger partial charge in [0.25, 0.3) is 5.91 Å². The summed E-state index contributed by atoms with van der Waals surface area (Å²) in [7, 11) is 1.63. The van der Waals surface area contributed by atoms with Gasteiger partial charge in [-0.15, -0.1) is 10.2 Å². The van der Waals surface area contributed by atoms with Crippen LogP contribution in [0.15, 0.2) is 89.1 Å². The predicted molar refractivity (Wildman–Crippen MR) is 142 cm³/mol. The summed E-state index contributed by atoms with van der Waals surface area (Å²) in [6, 6.07) is 25.0. The molecule has 36 heavy (non-hydrogen) atoms. The molecular weight excluding hydrogens is 474 g/mol. The maximum atomic E-state index is 12.4. The predicted octanol–water partition coefficient (Wildman–Crippen LogP) is 4.97. The van der Waals surface area contributed by atoms with Gasteiger partial charge in [-0.2, -0.15) is 5.10 Å². The van der Waals surface area contributed by atoms with Gasteiger partial charge in [-0.25, -0.2) is 5.43 Å². The number of carbonyl (C=O) groups excluding carboxylic acids is 1. The molecule has 0 aliphatic rings. The second-order valence-electron chi connectivity index (χ2n) is 7.70. The van der Waals surface area contributed by atoms with Crippen molar-refractivity contribution in [1.82, 2.24) is 20.2 Å². The Labute approximate surface area is 214 Å². The minimum atomic E-state index is -0.246. The Bertz CT molecular complexity index is 1290. The Kier molecular flexibility index (Phi) is 8.72. The number of hydrazone groups is 1. The second kappa shape index (κ2) is 12.6. The number of nitrogens with one attached hydrogen (secondary N) is 1. The minimum absolute atomic E-state index is 0.129. The molecule has 3 aromatic carbocycles. The Balaban J connectivity index is 1.43. The number of rotatable bonds is 11. The number of carbonyl (C=O) groups is 1. The highest BCUT2D eigenvalue weighted by Crippen LogP contribution is 2.28. The van der Waals surface area contributed by atoms with Gasteiger partial charge in [0.15, 0.2) is 11.0 Å². The van der Waals surface area contributed by atoms with Crippen LogP contribution in [-0.2, 0) is 4.79 Å². The summed E-state index contributed by atoms with van der Waals surface area (Å²) in [5.74, 6) is 2.13. The summed E-state index contributed by atoms with van der Waals surface area (Å²) in [6.07, 6.45) is 2.55. The topological polar surface area (TPSA) is 90.6 Å². The van der Waals surface area contributed by atoms with Crippen LogP contribution >= 0.6 is 11.8 Å². The van der Waals surface area contributed by atoms with E-state index in [0.717, 1.165) is 34.7 Å². The zero-order valence-electron chi connectivity index (χ0n) is 20.1. The van der Waals surface area contributed by atoms with Gasteiger partial charge in [0.05, 0.1) is 25.7 Å². The van der Waals surface area contributed by atoms with Crippen molar-refractivity contribution in [3.63, 3.8) is 0 Å². The van der Waals surface area contributed by atoms with Crippen molar-refractivity contribution in [1.29, 1.82) is 0 Å². The fraction of sp³-hybridized carbons (Fsp3) is 0.185. The third kappa shape index (κ3) is 6.51. The standard InChI is InChI=1S/C27H27N5O3S/c1-3-17-35-24-13-9-20(10-14-24)18-28-29-25(33)19-36-27-31-30-26(21-7-5-4-6-8-21)32(27)22-11-15-23(34-2)16-12-22/h4-16,18H,3,17,19H2,1-2H3,(H,29,33)/b28-18+. The van der Waals surface area contributed by atoms with E-state index in [-0.39, 0.29) is 11.7 Å². The van der Waals surface area contributed by atoms with Gasteiger partial charge in [0.1, 0.15) is 11.5 Å². The third-order valence-electron chi connectivity index (χ3n) is 5.08. The average molecular weight is 502 g/mol. The normalized spacial score (nSPS) is 10.9. The summed E-state index contributed by atoms with van der Waals surface area (Å²) in [6.45, 7) is 2.74. The van der Waals surface area contributed by atoms with E-state index in [4.69, 9.17) is 9.47 Å². The van der Waals surface area contributed by atoms with Crippen LogP contribution in [0.3, 0.4) is 0 Å². The number of thioether (sulfide) groups is 1. The Morgan fingerprint density at radius 1 is 1.00 bits per heavy atom. The van der Waals surface area contributed by atoms with Gasteiger partial charge in [0.2, 0.25) is 0 Å². The first-order chi connectivity index (χ1) is 17.7. The highest BCUT2D eigenvalue weighted by molar-refractivity contribution is 7.99.